The number of rotatable bonds is 5. The summed E-state index contributed by atoms with van der Waals surface area (Å²) in [6.07, 6.45) is 1.10. The first kappa shape index (κ1) is 18.8. The number of benzene rings is 3. The smallest absolute Gasteiger partial charge is 0.258 e. The van der Waals surface area contributed by atoms with Crippen molar-refractivity contribution in [3.8, 4) is 0 Å². The summed E-state index contributed by atoms with van der Waals surface area (Å²) in [5, 5.41) is 6.25. The van der Waals surface area contributed by atoms with E-state index in [-0.39, 0.29) is 5.91 Å². The van der Waals surface area contributed by atoms with Gasteiger partial charge in [-0.15, -0.1) is 0 Å². The SMILES string of the molecule is CS(=O)(=O)Nc1ccc(N/C(=C2\C(=O)Nc3ccccc32)c2ccccc2)cc1. The number of carbonyl (C=O) groups is 1. The van der Waals surface area contributed by atoms with E-state index in [9.17, 15) is 13.2 Å². The van der Waals surface area contributed by atoms with Crippen LogP contribution in [0, 0.1) is 0 Å². The lowest BCUT2D eigenvalue weighted by molar-refractivity contribution is -0.110. The van der Waals surface area contributed by atoms with Gasteiger partial charge in [0, 0.05) is 22.6 Å². The van der Waals surface area contributed by atoms with E-state index in [4.69, 9.17) is 0 Å². The van der Waals surface area contributed by atoms with E-state index in [0.717, 1.165) is 28.8 Å². The summed E-state index contributed by atoms with van der Waals surface area (Å²) in [7, 11) is -3.34. The van der Waals surface area contributed by atoms with E-state index >= 15 is 0 Å². The summed E-state index contributed by atoms with van der Waals surface area (Å²) >= 11 is 0. The molecule has 146 valence electrons. The van der Waals surface area contributed by atoms with E-state index in [1.807, 2.05) is 54.6 Å². The van der Waals surface area contributed by atoms with Crippen LogP contribution in [0.2, 0.25) is 0 Å². The number of para-hydroxylation sites is 1. The zero-order valence-electron chi connectivity index (χ0n) is 15.6. The molecule has 0 saturated carbocycles. The molecule has 1 aliphatic rings. The predicted octanol–water partition coefficient (Wildman–Crippen LogP) is 3.99. The molecule has 0 bridgehead atoms. The molecule has 29 heavy (non-hydrogen) atoms. The van der Waals surface area contributed by atoms with Gasteiger partial charge in [0.15, 0.2) is 0 Å². The first-order valence-electron chi connectivity index (χ1n) is 8.96. The lowest BCUT2D eigenvalue weighted by Gasteiger charge is -2.15. The lowest BCUT2D eigenvalue weighted by atomic mass is 10.00. The molecule has 0 atom stereocenters. The van der Waals surface area contributed by atoms with Crippen molar-refractivity contribution in [3.05, 3.63) is 90.0 Å². The topological polar surface area (TPSA) is 87.3 Å². The Morgan fingerprint density at radius 3 is 2.14 bits per heavy atom. The molecule has 0 spiro atoms. The molecule has 0 aliphatic carbocycles. The Morgan fingerprint density at radius 2 is 1.45 bits per heavy atom. The fraction of sp³-hybridized carbons (Fsp3) is 0.0455. The van der Waals surface area contributed by atoms with Gasteiger partial charge in [-0.25, -0.2) is 8.42 Å². The maximum absolute atomic E-state index is 12.8. The van der Waals surface area contributed by atoms with Gasteiger partial charge in [0.1, 0.15) is 0 Å². The van der Waals surface area contributed by atoms with Crippen molar-refractivity contribution in [1.82, 2.24) is 0 Å². The highest BCUT2D eigenvalue weighted by molar-refractivity contribution is 7.92. The van der Waals surface area contributed by atoms with E-state index < -0.39 is 10.0 Å². The summed E-state index contributed by atoms with van der Waals surface area (Å²) in [6.45, 7) is 0. The van der Waals surface area contributed by atoms with Crippen molar-refractivity contribution in [2.24, 2.45) is 0 Å². The second-order valence-corrected chi connectivity index (χ2v) is 8.44. The molecule has 6 nitrogen and oxygen atoms in total. The maximum atomic E-state index is 12.8. The van der Waals surface area contributed by atoms with Gasteiger partial charge in [0.2, 0.25) is 10.0 Å². The third-order valence-corrected chi connectivity index (χ3v) is 5.05. The van der Waals surface area contributed by atoms with Crippen molar-refractivity contribution in [3.63, 3.8) is 0 Å². The first-order chi connectivity index (χ1) is 13.9. The van der Waals surface area contributed by atoms with Crippen LogP contribution in [0.3, 0.4) is 0 Å². The van der Waals surface area contributed by atoms with Crippen LogP contribution < -0.4 is 15.4 Å². The Bertz CT molecular complexity index is 1200. The van der Waals surface area contributed by atoms with Gasteiger partial charge >= 0.3 is 0 Å². The number of hydrogen-bond donors (Lipinski definition) is 3. The zero-order valence-corrected chi connectivity index (χ0v) is 16.5. The number of sulfonamides is 1. The summed E-state index contributed by atoms with van der Waals surface area (Å²) < 4.78 is 25.2. The highest BCUT2D eigenvalue weighted by atomic mass is 32.2. The van der Waals surface area contributed by atoms with Crippen molar-refractivity contribution in [2.75, 3.05) is 21.6 Å². The molecule has 3 N–H and O–H groups in total. The molecular formula is C22H19N3O3S. The fourth-order valence-corrected chi connectivity index (χ4v) is 3.79. The third kappa shape index (κ3) is 4.14. The first-order valence-corrected chi connectivity index (χ1v) is 10.9. The largest absolute Gasteiger partial charge is 0.354 e. The second kappa shape index (κ2) is 7.44. The summed E-state index contributed by atoms with van der Waals surface area (Å²) in [5.41, 5.74) is 4.91. The predicted molar refractivity (Wildman–Crippen MR) is 117 cm³/mol. The standard InChI is InChI=1S/C22H19N3O3S/c1-29(27,28)25-17-13-11-16(12-14-17)23-21(15-7-3-2-4-8-15)20-18-9-5-6-10-19(18)24-22(20)26/h2-14,23,25H,1H3,(H,24,26)/b21-20-. The Hall–Kier alpha value is -3.58. The molecule has 3 aromatic rings. The highest BCUT2D eigenvalue weighted by Crippen LogP contribution is 2.37. The molecule has 0 saturated heterocycles. The Kier molecular flexibility index (Phi) is 4.82. The minimum Gasteiger partial charge on any atom is -0.354 e. The Labute approximate surface area is 169 Å². The number of amides is 1. The molecule has 4 rings (SSSR count). The number of anilines is 3. The van der Waals surface area contributed by atoms with Crippen LogP contribution in [0.15, 0.2) is 78.9 Å². The minimum absolute atomic E-state index is 0.173. The lowest BCUT2D eigenvalue weighted by Crippen LogP contribution is -2.11. The van der Waals surface area contributed by atoms with Crippen LogP contribution in [0.5, 0.6) is 0 Å². The quantitative estimate of drug-likeness (QED) is 0.560. The van der Waals surface area contributed by atoms with Gasteiger partial charge in [-0.1, -0.05) is 48.5 Å². The van der Waals surface area contributed by atoms with Crippen molar-refractivity contribution < 1.29 is 13.2 Å². The molecule has 0 unspecified atom stereocenters. The normalized spacial score (nSPS) is 14.7. The average Bonchev–Trinajstić information content (AvgIpc) is 3.02. The van der Waals surface area contributed by atoms with Crippen LogP contribution in [0.25, 0.3) is 11.3 Å². The minimum atomic E-state index is -3.34. The Morgan fingerprint density at radius 1 is 0.828 bits per heavy atom. The van der Waals surface area contributed by atoms with E-state index in [1.54, 1.807) is 24.3 Å². The molecule has 0 fully saturated rings. The summed E-state index contributed by atoms with van der Waals surface area (Å²) in [5.74, 6) is -0.173. The zero-order chi connectivity index (χ0) is 20.4. The highest BCUT2D eigenvalue weighted by Gasteiger charge is 2.27. The van der Waals surface area contributed by atoms with Gasteiger partial charge in [-0.2, -0.15) is 0 Å². The van der Waals surface area contributed by atoms with Gasteiger partial charge in [0.05, 0.1) is 17.5 Å². The molecule has 7 heteroatoms. The average molecular weight is 405 g/mol. The summed E-state index contributed by atoms with van der Waals surface area (Å²) in [4.78, 5) is 12.8. The third-order valence-electron chi connectivity index (χ3n) is 4.44. The van der Waals surface area contributed by atoms with Crippen LogP contribution >= 0.6 is 0 Å². The van der Waals surface area contributed by atoms with Crippen molar-refractivity contribution in [2.45, 2.75) is 0 Å². The van der Waals surface area contributed by atoms with Crippen molar-refractivity contribution in [1.29, 1.82) is 0 Å². The van der Waals surface area contributed by atoms with Crippen molar-refractivity contribution >= 4 is 44.3 Å². The van der Waals surface area contributed by atoms with Gasteiger partial charge < -0.3 is 10.6 Å². The van der Waals surface area contributed by atoms with Gasteiger partial charge in [0.25, 0.3) is 5.91 Å². The fourth-order valence-electron chi connectivity index (χ4n) is 3.23. The molecule has 3 aromatic carbocycles. The molecule has 1 heterocycles. The number of nitrogens with one attached hydrogen (secondary N) is 3. The molecule has 0 aromatic heterocycles. The van der Waals surface area contributed by atoms with Crippen LogP contribution in [-0.4, -0.2) is 20.6 Å². The van der Waals surface area contributed by atoms with Gasteiger partial charge in [-0.05, 0) is 35.9 Å². The van der Waals surface area contributed by atoms with Crippen LogP contribution in [0.4, 0.5) is 17.1 Å². The molecular weight excluding hydrogens is 386 g/mol. The second-order valence-electron chi connectivity index (χ2n) is 6.69. The van der Waals surface area contributed by atoms with Gasteiger partial charge in [-0.3, -0.25) is 9.52 Å². The number of hydrogen-bond acceptors (Lipinski definition) is 4. The van der Waals surface area contributed by atoms with Crippen LogP contribution in [0.1, 0.15) is 11.1 Å². The maximum Gasteiger partial charge on any atom is 0.258 e. The summed E-state index contributed by atoms with van der Waals surface area (Å²) in [6, 6.07) is 24.0. The molecule has 1 amide bonds. The number of carbonyl (C=O) groups excluding carboxylic acids is 1. The molecule has 1 aliphatic heterocycles. The van der Waals surface area contributed by atoms with E-state index in [0.29, 0.717) is 17.0 Å². The monoisotopic (exact) mass is 405 g/mol. The Balaban J connectivity index is 1.77. The number of fused-ring (bicyclic) bond motifs is 1. The molecule has 0 radical (unpaired) electrons. The van der Waals surface area contributed by atoms with E-state index in [1.165, 1.54) is 0 Å². The van der Waals surface area contributed by atoms with E-state index in [2.05, 4.69) is 15.4 Å². The van der Waals surface area contributed by atoms with Crippen LogP contribution in [-0.2, 0) is 14.8 Å².